The maximum absolute atomic E-state index is 12.4. The van der Waals surface area contributed by atoms with E-state index in [0.29, 0.717) is 0 Å². The van der Waals surface area contributed by atoms with Gasteiger partial charge in [-0.3, -0.25) is 19.8 Å². The van der Waals surface area contributed by atoms with E-state index in [9.17, 15) is 9.59 Å². The van der Waals surface area contributed by atoms with Gasteiger partial charge in [0.2, 0.25) is 5.91 Å². The largest absolute Gasteiger partial charge is 0.356 e. The van der Waals surface area contributed by atoms with Gasteiger partial charge < -0.3 is 4.90 Å². The van der Waals surface area contributed by atoms with Crippen molar-refractivity contribution in [3.63, 3.8) is 0 Å². The highest BCUT2D eigenvalue weighted by Crippen LogP contribution is 2.29. The van der Waals surface area contributed by atoms with Gasteiger partial charge in [-0.05, 0) is 49.7 Å². The number of aromatic nitrogens is 1. The monoisotopic (exact) mass is 380 g/mol. The number of nitrogens with one attached hydrogen (secondary N) is 1. The minimum atomic E-state index is -0.368. The summed E-state index contributed by atoms with van der Waals surface area (Å²) in [6.07, 6.45) is 5.18. The van der Waals surface area contributed by atoms with Gasteiger partial charge in [-0.1, -0.05) is 18.2 Å². The quantitative estimate of drug-likeness (QED) is 0.641. The van der Waals surface area contributed by atoms with Gasteiger partial charge in [-0.2, -0.15) is 0 Å². The summed E-state index contributed by atoms with van der Waals surface area (Å²) >= 11 is 5.13. The van der Waals surface area contributed by atoms with Crippen molar-refractivity contribution >= 4 is 51.9 Å². The summed E-state index contributed by atoms with van der Waals surface area (Å²) < 4.78 is 0. The molecule has 0 saturated carbocycles. The Morgan fingerprint density at radius 3 is 2.70 bits per heavy atom. The third-order valence-electron chi connectivity index (χ3n) is 4.89. The molecule has 0 unspecified atom stereocenters. The van der Waals surface area contributed by atoms with Crippen molar-refractivity contribution in [1.29, 1.82) is 0 Å². The molecule has 2 amide bonds. The molecule has 0 aliphatic carbocycles. The highest BCUT2D eigenvalue weighted by atomic mass is 32.1. The Morgan fingerprint density at radius 2 is 1.96 bits per heavy atom. The summed E-state index contributed by atoms with van der Waals surface area (Å²) in [5.41, 5.74) is 1.97. The first-order chi connectivity index (χ1) is 13.0. The molecule has 138 valence electrons. The third kappa shape index (κ3) is 3.30. The molecule has 2 saturated heterocycles. The molecule has 2 aromatic rings. The van der Waals surface area contributed by atoms with Crippen LogP contribution in [0, 0.1) is 0 Å². The van der Waals surface area contributed by atoms with Crippen LogP contribution in [0.2, 0.25) is 0 Å². The second-order valence-electron chi connectivity index (χ2n) is 6.78. The summed E-state index contributed by atoms with van der Waals surface area (Å²) in [7, 11) is 0. The van der Waals surface area contributed by atoms with E-state index in [1.807, 2.05) is 30.3 Å². The van der Waals surface area contributed by atoms with E-state index in [0.717, 1.165) is 48.2 Å². The molecule has 2 fully saturated rings. The van der Waals surface area contributed by atoms with Gasteiger partial charge in [0.05, 0.1) is 5.52 Å². The van der Waals surface area contributed by atoms with Crippen LogP contribution in [0.1, 0.15) is 31.7 Å². The normalized spacial score (nSPS) is 19.1. The predicted octanol–water partition coefficient (Wildman–Crippen LogP) is 2.83. The van der Waals surface area contributed by atoms with Gasteiger partial charge in [-0.25, -0.2) is 4.98 Å². The first-order valence-electron chi connectivity index (χ1n) is 9.07. The predicted molar refractivity (Wildman–Crippen MR) is 109 cm³/mol. The van der Waals surface area contributed by atoms with E-state index in [-0.39, 0.29) is 22.6 Å². The lowest BCUT2D eigenvalue weighted by molar-refractivity contribution is -0.125. The van der Waals surface area contributed by atoms with Gasteiger partial charge in [0, 0.05) is 31.0 Å². The van der Waals surface area contributed by atoms with Crippen molar-refractivity contribution in [2.45, 2.75) is 26.2 Å². The molecule has 0 atom stereocenters. The maximum Gasteiger partial charge on any atom is 0.274 e. The molecular weight excluding hydrogens is 360 g/mol. The Kier molecular flexibility index (Phi) is 4.61. The summed E-state index contributed by atoms with van der Waals surface area (Å²) in [6, 6.07) is 9.92. The van der Waals surface area contributed by atoms with Crippen molar-refractivity contribution in [1.82, 2.24) is 15.2 Å². The number of thiocarbonyl (C=S) groups is 1. The Hall–Kier alpha value is -2.80. The smallest absolute Gasteiger partial charge is 0.274 e. The highest BCUT2D eigenvalue weighted by Gasteiger charge is 2.33. The third-order valence-corrected chi connectivity index (χ3v) is 5.18. The van der Waals surface area contributed by atoms with Gasteiger partial charge in [0.1, 0.15) is 11.5 Å². The number of piperidine rings is 1. The van der Waals surface area contributed by atoms with Crippen molar-refractivity contribution < 1.29 is 9.59 Å². The van der Waals surface area contributed by atoms with E-state index in [1.165, 1.54) is 18.2 Å². The minimum Gasteiger partial charge on any atom is -0.356 e. The van der Waals surface area contributed by atoms with Crippen LogP contribution in [0.4, 0.5) is 5.82 Å². The number of nitrogens with zero attached hydrogens (tertiary/aromatic N) is 3. The SMILES string of the molecule is CC(=O)N1C(=S)NC(=O)/C1=C\c1cc2ccccc2nc1N1CCCCC1. The molecule has 0 radical (unpaired) electrons. The van der Waals surface area contributed by atoms with Crippen molar-refractivity contribution in [2.24, 2.45) is 0 Å². The number of pyridine rings is 1. The molecule has 27 heavy (non-hydrogen) atoms. The zero-order valence-corrected chi connectivity index (χ0v) is 15.9. The fourth-order valence-electron chi connectivity index (χ4n) is 3.61. The highest BCUT2D eigenvalue weighted by molar-refractivity contribution is 7.80. The number of carbonyl (C=O) groups is 2. The number of hydrogen-bond acceptors (Lipinski definition) is 5. The molecule has 7 heteroatoms. The average Bonchev–Trinajstić information content (AvgIpc) is 2.95. The maximum atomic E-state index is 12.4. The average molecular weight is 380 g/mol. The molecule has 2 aliphatic heterocycles. The molecule has 1 N–H and O–H groups in total. The van der Waals surface area contributed by atoms with E-state index in [1.54, 1.807) is 6.08 Å². The number of fused-ring (bicyclic) bond motifs is 1. The Morgan fingerprint density at radius 1 is 1.22 bits per heavy atom. The number of anilines is 1. The first-order valence-corrected chi connectivity index (χ1v) is 9.48. The zero-order valence-electron chi connectivity index (χ0n) is 15.1. The number of amides is 2. The molecule has 1 aromatic heterocycles. The summed E-state index contributed by atoms with van der Waals surface area (Å²) in [4.78, 5) is 32.7. The van der Waals surface area contributed by atoms with E-state index < -0.39 is 0 Å². The summed E-state index contributed by atoms with van der Waals surface area (Å²) in [5, 5.41) is 3.65. The topological polar surface area (TPSA) is 65.5 Å². The van der Waals surface area contributed by atoms with Crippen LogP contribution in [0.25, 0.3) is 17.0 Å². The second-order valence-corrected chi connectivity index (χ2v) is 7.17. The number of hydrogen-bond donors (Lipinski definition) is 1. The van der Waals surface area contributed by atoms with E-state index >= 15 is 0 Å². The Balaban J connectivity index is 1.87. The van der Waals surface area contributed by atoms with Gasteiger partial charge in [0.15, 0.2) is 5.11 Å². The van der Waals surface area contributed by atoms with Gasteiger partial charge in [0.25, 0.3) is 5.91 Å². The zero-order chi connectivity index (χ0) is 19.0. The van der Waals surface area contributed by atoms with Crippen LogP contribution in [0.5, 0.6) is 0 Å². The molecular formula is C20H20N4O2S. The Bertz CT molecular complexity index is 979. The fourth-order valence-corrected chi connectivity index (χ4v) is 3.92. The lowest BCUT2D eigenvalue weighted by Crippen LogP contribution is -2.31. The first kappa shape index (κ1) is 17.6. The van der Waals surface area contributed by atoms with Crippen LogP contribution in [0.3, 0.4) is 0 Å². The number of benzene rings is 1. The van der Waals surface area contributed by atoms with Crippen molar-refractivity contribution in [3.8, 4) is 0 Å². The molecule has 6 nitrogen and oxygen atoms in total. The molecule has 3 heterocycles. The molecule has 0 bridgehead atoms. The summed E-state index contributed by atoms with van der Waals surface area (Å²) in [5.74, 6) is 0.181. The lowest BCUT2D eigenvalue weighted by atomic mass is 10.1. The van der Waals surface area contributed by atoms with Crippen molar-refractivity contribution in [3.05, 3.63) is 41.6 Å². The molecule has 1 aromatic carbocycles. The van der Waals surface area contributed by atoms with Gasteiger partial charge >= 0.3 is 0 Å². The van der Waals surface area contributed by atoms with E-state index in [2.05, 4.69) is 10.2 Å². The fraction of sp³-hybridized carbons (Fsp3) is 0.300. The van der Waals surface area contributed by atoms with Crippen LogP contribution in [0.15, 0.2) is 36.0 Å². The number of para-hydroxylation sites is 1. The molecule has 2 aliphatic rings. The molecule has 4 rings (SSSR count). The minimum absolute atomic E-state index is 0.118. The van der Waals surface area contributed by atoms with Crippen LogP contribution < -0.4 is 10.2 Å². The second kappa shape index (κ2) is 7.08. The van der Waals surface area contributed by atoms with Gasteiger partial charge in [-0.15, -0.1) is 0 Å². The van der Waals surface area contributed by atoms with Crippen LogP contribution in [-0.2, 0) is 9.59 Å². The van der Waals surface area contributed by atoms with Crippen molar-refractivity contribution in [2.75, 3.05) is 18.0 Å². The lowest BCUT2D eigenvalue weighted by Gasteiger charge is -2.29. The number of carbonyl (C=O) groups excluding carboxylic acids is 2. The summed E-state index contributed by atoms with van der Waals surface area (Å²) in [6.45, 7) is 3.26. The number of rotatable bonds is 2. The van der Waals surface area contributed by atoms with Crippen LogP contribution in [-0.4, -0.2) is 39.9 Å². The van der Waals surface area contributed by atoms with E-state index in [4.69, 9.17) is 17.2 Å². The molecule has 0 spiro atoms. The van der Waals surface area contributed by atoms with Crippen LogP contribution >= 0.6 is 12.2 Å². The standard InChI is InChI=1S/C20H20N4O2S/c1-13(25)24-17(19(26)22-20(24)27)12-15-11-14-7-3-4-8-16(14)21-18(15)23-9-5-2-6-10-23/h3-4,7-8,11-12H,2,5-6,9-10H2,1H3,(H,22,26,27)/b17-12+. The Labute approximate surface area is 162 Å².